The van der Waals surface area contributed by atoms with Crippen molar-refractivity contribution in [3.05, 3.63) is 0 Å². The summed E-state index contributed by atoms with van der Waals surface area (Å²) < 4.78 is 28.1. The first-order valence-electron chi connectivity index (χ1n) is 5.68. The van der Waals surface area contributed by atoms with Gasteiger partial charge in [0.2, 0.25) is 5.91 Å². The van der Waals surface area contributed by atoms with Gasteiger partial charge in [0.05, 0.1) is 36.2 Å². The number of fused-ring (bicyclic) bond motifs is 2. The fraction of sp³-hybridized carbons (Fsp3) is 0.900. The average Bonchev–Trinajstić information content (AvgIpc) is 2.90. The number of likely N-dealkylation sites (tertiary alicyclic amines) is 1. The van der Waals surface area contributed by atoms with E-state index in [9.17, 15) is 13.2 Å². The number of hydrogen-bond acceptors (Lipinski definition) is 4. The number of morpholine rings is 1. The van der Waals surface area contributed by atoms with Crippen LogP contribution in [0, 0.1) is 5.92 Å². The Hall–Kier alpha value is -0.620. The van der Waals surface area contributed by atoms with Crippen LogP contribution in [0.1, 0.15) is 12.8 Å². The number of rotatable bonds is 1. The van der Waals surface area contributed by atoms with Crippen molar-refractivity contribution in [3.63, 3.8) is 0 Å². The standard InChI is InChI=1S/C10H15NO4S/c12-10(7-1-2-16(13,14)6-7)11-4-9-3-8(11)5-15-9/h7-9H,1-6H2/t7-,8+,9-/m1/s1. The fourth-order valence-corrected chi connectivity index (χ4v) is 4.63. The lowest BCUT2D eigenvalue weighted by Gasteiger charge is -2.28. The predicted octanol–water partition coefficient (Wildman–Crippen LogP) is -0.579. The highest BCUT2D eigenvalue weighted by Gasteiger charge is 2.45. The van der Waals surface area contributed by atoms with Gasteiger partial charge in [-0.05, 0) is 12.8 Å². The molecule has 3 atom stereocenters. The summed E-state index contributed by atoms with van der Waals surface area (Å²) >= 11 is 0. The van der Waals surface area contributed by atoms with Crippen molar-refractivity contribution < 1.29 is 17.9 Å². The van der Waals surface area contributed by atoms with Crippen LogP contribution in [0.4, 0.5) is 0 Å². The highest BCUT2D eigenvalue weighted by molar-refractivity contribution is 7.91. The van der Waals surface area contributed by atoms with Gasteiger partial charge in [0, 0.05) is 6.54 Å². The summed E-state index contributed by atoms with van der Waals surface area (Å²) in [5.41, 5.74) is 0. The Morgan fingerprint density at radius 2 is 2.19 bits per heavy atom. The van der Waals surface area contributed by atoms with E-state index < -0.39 is 9.84 Å². The summed E-state index contributed by atoms with van der Waals surface area (Å²) in [7, 11) is -2.96. The van der Waals surface area contributed by atoms with E-state index in [2.05, 4.69) is 0 Å². The molecule has 6 heteroatoms. The Balaban J connectivity index is 1.70. The van der Waals surface area contributed by atoms with Crippen LogP contribution in [0.15, 0.2) is 0 Å². The van der Waals surface area contributed by atoms with Crippen molar-refractivity contribution in [1.82, 2.24) is 4.90 Å². The van der Waals surface area contributed by atoms with Gasteiger partial charge in [-0.1, -0.05) is 0 Å². The largest absolute Gasteiger partial charge is 0.374 e. The molecule has 5 nitrogen and oxygen atoms in total. The van der Waals surface area contributed by atoms with Gasteiger partial charge in [-0.3, -0.25) is 4.79 Å². The number of carbonyl (C=O) groups excluding carboxylic acids is 1. The van der Waals surface area contributed by atoms with Crippen LogP contribution in [0.25, 0.3) is 0 Å². The monoisotopic (exact) mass is 245 g/mol. The molecule has 3 aliphatic rings. The van der Waals surface area contributed by atoms with Crippen LogP contribution in [-0.4, -0.2) is 56.0 Å². The Kier molecular flexibility index (Phi) is 2.26. The molecule has 3 heterocycles. The molecule has 0 radical (unpaired) electrons. The van der Waals surface area contributed by atoms with Gasteiger partial charge in [0.1, 0.15) is 0 Å². The van der Waals surface area contributed by atoms with Gasteiger partial charge in [-0.15, -0.1) is 0 Å². The molecule has 0 unspecified atom stereocenters. The minimum atomic E-state index is -2.96. The third-order valence-corrected chi connectivity index (χ3v) is 5.53. The van der Waals surface area contributed by atoms with E-state index in [0.29, 0.717) is 19.6 Å². The van der Waals surface area contributed by atoms with E-state index in [1.165, 1.54) is 0 Å². The van der Waals surface area contributed by atoms with Crippen molar-refractivity contribution in [2.75, 3.05) is 24.7 Å². The molecule has 3 fully saturated rings. The highest BCUT2D eigenvalue weighted by atomic mass is 32.2. The smallest absolute Gasteiger partial charge is 0.227 e. The Labute approximate surface area is 94.7 Å². The molecule has 0 aromatic rings. The minimum absolute atomic E-state index is 0.0249. The summed E-state index contributed by atoms with van der Waals surface area (Å²) in [5, 5.41) is 0. The third kappa shape index (κ3) is 1.64. The van der Waals surface area contributed by atoms with E-state index in [4.69, 9.17) is 4.74 Å². The Bertz CT molecular complexity index is 419. The summed E-state index contributed by atoms with van der Waals surface area (Å²) in [6, 6.07) is 0.195. The number of sulfone groups is 1. The zero-order chi connectivity index (χ0) is 11.3. The maximum atomic E-state index is 12.1. The highest BCUT2D eigenvalue weighted by Crippen LogP contribution is 2.31. The predicted molar refractivity (Wildman–Crippen MR) is 56.6 cm³/mol. The second-order valence-corrected chi connectivity index (χ2v) is 7.16. The van der Waals surface area contributed by atoms with Crippen molar-refractivity contribution in [1.29, 1.82) is 0 Å². The van der Waals surface area contributed by atoms with Crippen LogP contribution >= 0.6 is 0 Å². The van der Waals surface area contributed by atoms with Crippen LogP contribution in [0.2, 0.25) is 0 Å². The number of ether oxygens (including phenoxy) is 1. The number of carbonyl (C=O) groups is 1. The lowest BCUT2D eigenvalue weighted by atomic mass is 10.1. The molecule has 16 heavy (non-hydrogen) atoms. The maximum Gasteiger partial charge on any atom is 0.227 e. The van der Waals surface area contributed by atoms with E-state index in [0.717, 1.165) is 6.42 Å². The molecular weight excluding hydrogens is 230 g/mol. The molecule has 3 aliphatic heterocycles. The number of hydrogen-bond donors (Lipinski definition) is 0. The minimum Gasteiger partial charge on any atom is -0.374 e. The zero-order valence-corrected chi connectivity index (χ0v) is 9.78. The van der Waals surface area contributed by atoms with E-state index in [1.807, 2.05) is 4.90 Å². The van der Waals surface area contributed by atoms with E-state index >= 15 is 0 Å². The molecule has 0 saturated carbocycles. The van der Waals surface area contributed by atoms with Crippen LogP contribution in [-0.2, 0) is 19.4 Å². The van der Waals surface area contributed by atoms with Gasteiger partial charge in [-0.2, -0.15) is 0 Å². The van der Waals surface area contributed by atoms with Crippen LogP contribution < -0.4 is 0 Å². The summed E-state index contributed by atoms with van der Waals surface area (Å²) in [5.74, 6) is -0.0659. The lowest BCUT2D eigenvalue weighted by Crippen LogP contribution is -2.44. The molecule has 0 spiro atoms. The van der Waals surface area contributed by atoms with Crippen molar-refractivity contribution in [2.24, 2.45) is 5.92 Å². The average molecular weight is 245 g/mol. The first-order chi connectivity index (χ1) is 7.55. The van der Waals surface area contributed by atoms with Gasteiger partial charge in [0.15, 0.2) is 9.84 Å². The van der Waals surface area contributed by atoms with Crippen molar-refractivity contribution in [2.45, 2.75) is 25.0 Å². The first kappa shape index (κ1) is 10.5. The molecule has 2 bridgehead atoms. The molecule has 0 N–H and O–H groups in total. The molecule has 1 amide bonds. The SMILES string of the molecule is O=C([C@@H]1CCS(=O)(=O)C1)N1C[C@H]2C[C@H]1CO2. The summed E-state index contributed by atoms with van der Waals surface area (Å²) in [4.78, 5) is 14.0. The molecular formula is C10H15NO4S. The molecule has 90 valence electrons. The van der Waals surface area contributed by atoms with Gasteiger partial charge in [0.25, 0.3) is 0 Å². The van der Waals surface area contributed by atoms with Gasteiger partial charge >= 0.3 is 0 Å². The quantitative estimate of drug-likeness (QED) is 0.620. The van der Waals surface area contributed by atoms with Crippen LogP contribution in [0.5, 0.6) is 0 Å². The topological polar surface area (TPSA) is 63.7 Å². The molecule has 0 aliphatic carbocycles. The molecule has 0 aromatic carbocycles. The number of amides is 1. The van der Waals surface area contributed by atoms with Gasteiger partial charge in [-0.25, -0.2) is 8.42 Å². The first-order valence-corrected chi connectivity index (χ1v) is 7.50. The van der Waals surface area contributed by atoms with Crippen LogP contribution in [0.3, 0.4) is 0 Å². The fourth-order valence-electron chi connectivity index (χ4n) is 2.89. The van der Waals surface area contributed by atoms with Crippen molar-refractivity contribution >= 4 is 15.7 Å². The Morgan fingerprint density at radius 3 is 2.69 bits per heavy atom. The third-order valence-electron chi connectivity index (χ3n) is 3.77. The second-order valence-electron chi connectivity index (χ2n) is 4.94. The second kappa shape index (κ2) is 3.43. The summed E-state index contributed by atoms with van der Waals surface area (Å²) in [6.45, 7) is 1.27. The number of nitrogens with zero attached hydrogens (tertiary/aromatic N) is 1. The lowest BCUT2D eigenvalue weighted by molar-refractivity contribution is -0.139. The summed E-state index contributed by atoms with van der Waals surface area (Å²) in [6.07, 6.45) is 1.60. The van der Waals surface area contributed by atoms with Gasteiger partial charge < -0.3 is 9.64 Å². The molecule has 3 saturated heterocycles. The zero-order valence-electron chi connectivity index (χ0n) is 8.96. The molecule has 3 rings (SSSR count). The Morgan fingerprint density at radius 1 is 1.38 bits per heavy atom. The molecule has 0 aromatic heterocycles. The maximum absolute atomic E-state index is 12.1. The van der Waals surface area contributed by atoms with E-state index in [-0.39, 0.29) is 35.5 Å². The van der Waals surface area contributed by atoms with E-state index in [1.54, 1.807) is 0 Å². The normalized spacial score (nSPS) is 40.5. The van der Waals surface area contributed by atoms with Crippen molar-refractivity contribution in [3.8, 4) is 0 Å².